The Hall–Kier alpha value is -1.91. The van der Waals surface area contributed by atoms with E-state index in [1.807, 2.05) is 31.6 Å². The van der Waals surface area contributed by atoms with Gasteiger partial charge in [-0.1, -0.05) is 6.07 Å². The van der Waals surface area contributed by atoms with E-state index in [-0.39, 0.29) is 12.1 Å². The first-order chi connectivity index (χ1) is 8.97. The first-order valence-electron chi connectivity index (χ1n) is 6.23. The van der Waals surface area contributed by atoms with Gasteiger partial charge in [0.25, 0.3) is 0 Å². The molecule has 0 saturated carbocycles. The molecule has 2 rings (SSSR count). The quantitative estimate of drug-likeness (QED) is 0.908. The lowest BCUT2D eigenvalue weighted by Gasteiger charge is -2.15. The molecule has 0 amide bonds. The van der Waals surface area contributed by atoms with Crippen molar-refractivity contribution in [3.63, 3.8) is 0 Å². The molecule has 1 N–H and O–H groups in total. The van der Waals surface area contributed by atoms with Crippen molar-refractivity contribution >= 4 is 5.69 Å². The maximum atomic E-state index is 13.6. The Morgan fingerprint density at radius 1 is 1.21 bits per heavy atom. The zero-order chi connectivity index (χ0) is 14.0. The van der Waals surface area contributed by atoms with Crippen LogP contribution in [0.1, 0.15) is 38.4 Å². The van der Waals surface area contributed by atoms with E-state index < -0.39 is 11.6 Å². The Morgan fingerprint density at radius 3 is 2.53 bits per heavy atom. The number of aromatic nitrogens is 2. The molecule has 19 heavy (non-hydrogen) atoms. The minimum atomic E-state index is -0.568. The molecule has 0 spiro atoms. The van der Waals surface area contributed by atoms with Crippen molar-refractivity contribution in [1.29, 1.82) is 0 Å². The lowest BCUT2D eigenvalue weighted by atomic mass is 10.1. The molecule has 0 radical (unpaired) electrons. The molecule has 0 aliphatic rings. The van der Waals surface area contributed by atoms with Gasteiger partial charge in [-0.05, 0) is 26.8 Å². The normalized spacial score (nSPS) is 12.7. The average molecular weight is 265 g/mol. The highest BCUT2D eigenvalue weighted by molar-refractivity contribution is 5.41. The fraction of sp³-hybridized carbons (Fsp3) is 0.357. The molecule has 3 nitrogen and oxygen atoms in total. The summed E-state index contributed by atoms with van der Waals surface area (Å²) in [5.41, 5.74) is 1.24. The van der Waals surface area contributed by atoms with Gasteiger partial charge in [-0.15, -0.1) is 0 Å². The summed E-state index contributed by atoms with van der Waals surface area (Å²) >= 11 is 0. The molecule has 5 heteroatoms. The van der Waals surface area contributed by atoms with Crippen molar-refractivity contribution in [3.8, 4) is 0 Å². The van der Waals surface area contributed by atoms with E-state index in [0.29, 0.717) is 5.56 Å². The van der Waals surface area contributed by atoms with E-state index in [2.05, 4.69) is 10.4 Å². The Kier molecular flexibility index (Phi) is 3.83. The Labute approximate surface area is 111 Å². The maximum Gasteiger partial charge on any atom is 0.131 e. The molecule has 1 aromatic carbocycles. The van der Waals surface area contributed by atoms with Gasteiger partial charge in [0.05, 0.1) is 17.9 Å². The van der Waals surface area contributed by atoms with Crippen molar-refractivity contribution in [2.45, 2.75) is 32.9 Å². The van der Waals surface area contributed by atoms with E-state index in [1.165, 1.54) is 12.1 Å². The second-order valence-corrected chi connectivity index (χ2v) is 4.83. The molecule has 0 aliphatic carbocycles. The maximum absolute atomic E-state index is 13.6. The number of halogens is 2. The SMILES string of the molecule is CC(Nc1cnn(C(C)C)c1)c1ccc(F)cc1F. The van der Waals surface area contributed by atoms with Crippen LogP contribution in [0.25, 0.3) is 0 Å². The van der Waals surface area contributed by atoms with Crippen LogP contribution in [0.4, 0.5) is 14.5 Å². The summed E-state index contributed by atoms with van der Waals surface area (Å²) in [6.07, 6.45) is 3.56. The standard InChI is InChI=1S/C14H17F2N3/c1-9(2)19-8-12(7-17-19)18-10(3)13-5-4-11(15)6-14(13)16/h4-10,18H,1-3H3. The van der Waals surface area contributed by atoms with Crippen LogP contribution in [0, 0.1) is 11.6 Å². The van der Waals surface area contributed by atoms with Gasteiger partial charge in [0, 0.05) is 23.9 Å². The highest BCUT2D eigenvalue weighted by Gasteiger charge is 2.12. The van der Waals surface area contributed by atoms with Crippen LogP contribution in [-0.4, -0.2) is 9.78 Å². The third-order valence-electron chi connectivity index (χ3n) is 2.94. The van der Waals surface area contributed by atoms with Crippen LogP contribution in [0.2, 0.25) is 0 Å². The first kappa shape index (κ1) is 13.5. The van der Waals surface area contributed by atoms with E-state index in [4.69, 9.17) is 0 Å². The summed E-state index contributed by atoms with van der Waals surface area (Å²) in [5, 5.41) is 7.35. The van der Waals surface area contributed by atoms with Crippen molar-refractivity contribution in [1.82, 2.24) is 9.78 Å². The van der Waals surface area contributed by atoms with Crippen molar-refractivity contribution in [3.05, 3.63) is 47.8 Å². The molecule has 102 valence electrons. The largest absolute Gasteiger partial charge is 0.376 e. The molecular weight excluding hydrogens is 248 g/mol. The van der Waals surface area contributed by atoms with E-state index in [1.54, 1.807) is 6.20 Å². The zero-order valence-electron chi connectivity index (χ0n) is 11.2. The minimum absolute atomic E-state index is 0.259. The molecule has 1 atom stereocenters. The van der Waals surface area contributed by atoms with Gasteiger partial charge in [-0.25, -0.2) is 8.78 Å². The Bertz CT molecular complexity index is 564. The van der Waals surface area contributed by atoms with Gasteiger partial charge in [-0.2, -0.15) is 5.10 Å². The molecule has 2 aromatic rings. The number of benzene rings is 1. The summed E-state index contributed by atoms with van der Waals surface area (Å²) in [5.74, 6) is -1.11. The van der Waals surface area contributed by atoms with Crippen LogP contribution in [0.3, 0.4) is 0 Å². The van der Waals surface area contributed by atoms with Gasteiger partial charge in [-0.3, -0.25) is 4.68 Å². The van der Waals surface area contributed by atoms with Gasteiger partial charge in [0.1, 0.15) is 11.6 Å². The molecule has 0 aliphatic heterocycles. The monoisotopic (exact) mass is 265 g/mol. The molecule has 1 unspecified atom stereocenters. The molecule has 0 saturated heterocycles. The molecule has 0 bridgehead atoms. The summed E-state index contributed by atoms with van der Waals surface area (Å²) in [6.45, 7) is 5.88. The van der Waals surface area contributed by atoms with Crippen LogP contribution >= 0.6 is 0 Å². The van der Waals surface area contributed by atoms with Gasteiger partial charge >= 0.3 is 0 Å². The Morgan fingerprint density at radius 2 is 1.95 bits per heavy atom. The highest BCUT2D eigenvalue weighted by atomic mass is 19.1. The second kappa shape index (κ2) is 5.38. The highest BCUT2D eigenvalue weighted by Crippen LogP contribution is 2.22. The minimum Gasteiger partial charge on any atom is -0.376 e. The number of hydrogen-bond donors (Lipinski definition) is 1. The van der Waals surface area contributed by atoms with Gasteiger partial charge in [0.2, 0.25) is 0 Å². The van der Waals surface area contributed by atoms with Crippen LogP contribution in [0.15, 0.2) is 30.6 Å². The van der Waals surface area contributed by atoms with Gasteiger partial charge in [0.15, 0.2) is 0 Å². The number of nitrogens with one attached hydrogen (secondary N) is 1. The summed E-state index contributed by atoms with van der Waals surface area (Å²) in [6, 6.07) is 3.62. The number of nitrogens with zero attached hydrogens (tertiary/aromatic N) is 2. The van der Waals surface area contributed by atoms with Crippen LogP contribution in [0.5, 0.6) is 0 Å². The summed E-state index contributed by atoms with van der Waals surface area (Å²) in [4.78, 5) is 0. The van der Waals surface area contributed by atoms with Crippen LogP contribution in [-0.2, 0) is 0 Å². The fourth-order valence-corrected chi connectivity index (χ4v) is 1.88. The Balaban J connectivity index is 2.13. The molecule has 0 fully saturated rings. The second-order valence-electron chi connectivity index (χ2n) is 4.83. The van der Waals surface area contributed by atoms with Crippen molar-refractivity contribution in [2.24, 2.45) is 0 Å². The number of anilines is 1. The lowest BCUT2D eigenvalue weighted by Crippen LogP contribution is -2.08. The summed E-state index contributed by atoms with van der Waals surface area (Å²) in [7, 11) is 0. The van der Waals surface area contributed by atoms with E-state index >= 15 is 0 Å². The predicted molar refractivity (Wildman–Crippen MR) is 71.0 cm³/mol. The third-order valence-corrected chi connectivity index (χ3v) is 2.94. The topological polar surface area (TPSA) is 29.9 Å². The predicted octanol–water partition coefficient (Wildman–Crippen LogP) is 3.92. The van der Waals surface area contributed by atoms with Crippen molar-refractivity contribution < 1.29 is 8.78 Å². The van der Waals surface area contributed by atoms with E-state index in [9.17, 15) is 8.78 Å². The molecular formula is C14H17F2N3. The zero-order valence-corrected chi connectivity index (χ0v) is 11.2. The smallest absolute Gasteiger partial charge is 0.131 e. The third kappa shape index (κ3) is 3.10. The lowest BCUT2D eigenvalue weighted by molar-refractivity contribution is 0.532. The molecule has 1 aromatic heterocycles. The number of hydrogen-bond acceptors (Lipinski definition) is 2. The summed E-state index contributed by atoms with van der Waals surface area (Å²) < 4.78 is 28.3. The first-order valence-corrected chi connectivity index (χ1v) is 6.23. The van der Waals surface area contributed by atoms with Crippen LogP contribution < -0.4 is 5.32 Å². The van der Waals surface area contributed by atoms with Gasteiger partial charge < -0.3 is 5.32 Å². The molecule has 1 heterocycles. The average Bonchev–Trinajstić information content (AvgIpc) is 2.77. The van der Waals surface area contributed by atoms with Crippen molar-refractivity contribution in [2.75, 3.05) is 5.32 Å². The van der Waals surface area contributed by atoms with E-state index in [0.717, 1.165) is 11.8 Å². The fourth-order valence-electron chi connectivity index (χ4n) is 1.88. The number of rotatable bonds is 4.